The number of benzene rings is 1. The van der Waals surface area contributed by atoms with E-state index in [1.165, 1.54) is 0 Å². The molecule has 0 spiro atoms. The second-order valence-corrected chi connectivity index (χ2v) is 6.24. The highest BCUT2D eigenvalue weighted by atomic mass is 16.5. The minimum atomic E-state index is 0.000433. The van der Waals surface area contributed by atoms with Crippen LogP contribution in [0.25, 0.3) is 16.9 Å². The second kappa shape index (κ2) is 5.84. The highest BCUT2D eigenvalue weighted by molar-refractivity contribution is 5.97. The van der Waals surface area contributed by atoms with Gasteiger partial charge < -0.3 is 9.15 Å². The molecule has 0 unspecified atom stereocenters. The molecule has 6 nitrogen and oxygen atoms in total. The number of furan rings is 1. The van der Waals surface area contributed by atoms with Crippen LogP contribution in [0.3, 0.4) is 0 Å². The zero-order chi connectivity index (χ0) is 17.5. The molecule has 0 atom stereocenters. The summed E-state index contributed by atoms with van der Waals surface area (Å²) in [5.74, 6) is 1.38. The number of hydrogen-bond acceptors (Lipinski definition) is 5. The van der Waals surface area contributed by atoms with Crippen LogP contribution in [0.1, 0.15) is 21.7 Å². The normalized spacial score (nSPS) is 12.9. The molecule has 0 saturated carbocycles. The molecular weight excluding hydrogens is 330 g/mol. The van der Waals surface area contributed by atoms with Crippen molar-refractivity contribution in [3.8, 4) is 17.0 Å². The molecule has 1 aliphatic rings. The number of ether oxygens (including phenoxy) is 1. The van der Waals surface area contributed by atoms with E-state index in [9.17, 15) is 4.79 Å². The van der Waals surface area contributed by atoms with Crippen LogP contribution in [0.15, 0.2) is 59.4 Å². The number of carbonyl (C=O) groups excluding carboxylic acids is 1. The number of aromatic nitrogens is 3. The first-order chi connectivity index (χ1) is 12.8. The molecule has 6 heteroatoms. The molecule has 0 aliphatic carbocycles. The van der Waals surface area contributed by atoms with Gasteiger partial charge in [-0.25, -0.2) is 9.50 Å². The van der Waals surface area contributed by atoms with Crippen molar-refractivity contribution >= 4 is 11.4 Å². The summed E-state index contributed by atoms with van der Waals surface area (Å²) in [4.78, 5) is 17.2. The molecular formula is C20H15N3O3. The monoisotopic (exact) mass is 345 g/mol. The summed E-state index contributed by atoms with van der Waals surface area (Å²) < 4.78 is 12.4. The SMILES string of the molecule is O=C(Cc1nc2cccc(-c3ccoc3)n2n1)c1ccc2c(c1)CCO2. The number of rotatable bonds is 4. The predicted molar refractivity (Wildman–Crippen MR) is 94.4 cm³/mol. The van der Waals surface area contributed by atoms with Crippen molar-refractivity contribution in [2.75, 3.05) is 6.61 Å². The Morgan fingerprint density at radius 1 is 1.19 bits per heavy atom. The zero-order valence-electron chi connectivity index (χ0n) is 13.9. The van der Waals surface area contributed by atoms with Crippen molar-refractivity contribution in [2.24, 2.45) is 0 Å². The molecule has 0 saturated heterocycles. The summed E-state index contributed by atoms with van der Waals surface area (Å²) in [6.07, 6.45) is 4.28. The zero-order valence-corrected chi connectivity index (χ0v) is 13.9. The number of Topliss-reactive ketones (excluding diaryl/α,β-unsaturated/α-hetero) is 1. The van der Waals surface area contributed by atoms with E-state index in [1.54, 1.807) is 23.1 Å². The fraction of sp³-hybridized carbons (Fsp3) is 0.150. The third-order valence-corrected chi connectivity index (χ3v) is 4.55. The first-order valence-electron chi connectivity index (χ1n) is 8.44. The Hall–Kier alpha value is -3.41. The van der Waals surface area contributed by atoms with E-state index in [0.29, 0.717) is 23.6 Å². The number of pyridine rings is 1. The highest BCUT2D eigenvalue weighted by Crippen LogP contribution is 2.26. The summed E-state index contributed by atoms with van der Waals surface area (Å²) >= 11 is 0. The van der Waals surface area contributed by atoms with Crippen LogP contribution in [0, 0.1) is 0 Å². The lowest BCUT2D eigenvalue weighted by molar-refractivity contribution is 0.0991. The van der Waals surface area contributed by atoms with Crippen LogP contribution in [0.5, 0.6) is 5.75 Å². The average molecular weight is 345 g/mol. The van der Waals surface area contributed by atoms with E-state index < -0.39 is 0 Å². The smallest absolute Gasteiger partial charge is 0.170 e. The molecule has 26 heavy (non-hydrogen) atoms. The number of fused-ring (bicyclic) bond motifs is 2. The van der Waals surface area contributed by atoms with Crippen molar-refractivity contribution < 1.29 is 13.9 Å². The number of ketones is 1. The topological polar surface area (TPSA) is 69.6 Å². The van der Waals surface area contributed by atoms with Crippen LogP contribution in [0.2, 0.25) is 0 Å². The van der Waals surface area contributed by atoms with Crippen LogP contribution >= 0.6 is 0 Å². The van der Waals surface area contributed by atoms with E-state index in [4.69, 9.17) is 9.15 Å². The number of carbonyl (C=O) groups is 1. The largest absolute Gasteiger partial charge is 0.493 e. The van der Waals surface area contributed by atoms with Gasteiger partial charge in [0.25, 0.3) is 0 Å². The summed E-state index contributed by atoms with van der Waals surface area (Å²) in [6, 6.07) is 13.2. The highest BCUT2D eigenvalue weighted by Gasteiger charge is 2.17. The van der Waals surface area contributed by atoms with Crippen molar-refractivity contribution in [1.29, 1.82) is 0 Å². The molecule has 4 aromatic rings. The predicted octanol–water partition coefficient (Wildman–Crippen LogP) is 3.35. The van der Waals surface area contributed by atoms with Crippen LogP contribution in [-0.2, 0) is 12.8 Å². The summed E-state index contributed by atoms with van der Waals surface area (Å²) in [5, 5.41) is 4.52. The third-order valence-electron chi connectivity index (χ3n) is 4.55. The lowest BCUT2D eigenvalue weighted by Crippen LogP contribution is -2.05. The maximum Gasteiger partial charge on any atom is 0.170 e. The fourth-order valence-corrected chi connectivity index (χ4v) is 3.26. The van der Waals surface area contributed by atoms with E-state index in [1.807, 2.05) is 36.4 Å². The third kappa shape index (κ3) is 2.47. The van der Waals surface area contributed by atoms with Crippen molar-refractivity contribution in [1.82, 2.24) is 14.6 Å². The maximum atomic E-state index is 12.7. The van der Waals surface area contributed by atoms with Gasteiger partial charge in [-0.3, -0.25) is 4.79 Å². The first-order valence-corrected chi connectivity index (χ1v) is 8.44. The van der Waals surface area contributed by atoms with Gasteiger partial charge in [-0.15, -0.1) is 0 Å². The Labute approximate surface area is 149 Å². The Morgan fingerprint density at radius 2 is 2.15 bits per heavy atom. The molecule has 0 amide bonds. The van der Waals surface area contributed by atoms with Gasteiger partial charge in [0.1, 0.15) is 5.75 Å². The first kappa shape index (κ1) is 14.9. The molecule has 0 radical (unpaired) electrons. The van der Waals surface area contributed by atoms with Gasteiger partial charge in [0.2, 0.25) is 0 Å². The summed E-state index contributed by atoms with van der Waals surface area (Å²) in [7, 11) is 0. The number of hydrogen-bond donors (Lipinski definition) is 0. The van der Waals surface area contributed by atoms with Gasteiger partial charge in [0.15, 0.2) is 17.3 Å². The van der Waals surface area contributed by atoms with Crippen molar-refractivity contribution in [2.45, 2.75) is 12.8 Å². The number of nitrogens with zero attached hydrogens (tertiary/aromatic N) is 3. The molecule has 4 heterocycles. The molecule has 0 N–H and O–H groups in total. The van der Waals surface area contributed by atoms with Crippen LogP contribution < -0.4 is 4.74 Å². The standard InChI is InChI=1S/C20H15N3O3/c24-17(13-4-5-18-14(10-13)7-9-26-18)11-19-21-20-3-1-2-16(23(20)22-19)15-6-8-25-12-15/h1-6,8,10,12H,7,9,11H2. The Balaban J connectivity index is 1.46. The van der Waals surface area contributed by atoms with Crippen molar-refractivity contribution in [3.05, 3.63) is 71.9 Å². The van der Waals surface area contributed by atoms with Gasteiger partial charge in [-0.2, -0.15) is 5.10 Å². The lowest BCUT2D eigenvalue weighted by atomic mass is 10.0. The van der Waals surface area contributed by atoms with Gasteiger partial charge in [0, 0.05) is 17.5 Å². The summed E-state index contributed by atoms with van der Waals surface area (Å²) in [6.45, 7) is 0.678. The van der Waals surface area contributed by atoms with Crippen LogP contribution in [-0.4, -0.2) is 27.0 Å². The average Bonchev–Trinajstić information content (AvgIpc) is 3.39. The van der Waals surface area contributed by atoms with E-state index >= 15 is 0 Å². The quantitative estimate of drug-likeness (QED) is 0.531. The van der Waals surface area contributed by atoms with Crippen LogP contribution in [0.4, 0.5) is 0 Å². The minimum absolute atomic E-state index is 0.000433. The molecule has 1 aliphatic heterocycles. The Kier molecular flexibility index (Phi) is 3.35. The van der Waals surface area contributed by atoms with E-state index in [2.05, 4.69) is 10.1 Å². The lowest BCUT2D eigenvalue weighted by Gasteiger charge is -2.02. The van der Waals surface area contributed by atoms with Gasteiger partial charge in [-0.1, -0.05) is 6.07 Å². The molecule has 0 fully saturated rings. The van der Waals surface area contributed by atoms with Gasteiger partial charge >= 0.3 is 0 Å². The maximum absolute atomic E-state index is 12.7. The van der Waals surface area contributed by atoms with E-state index in [0.717, 1.165) is 29.0 Å². The Bertz CT molecular complexity index is 1110. The molecule has 5 rings (SSSR count). The molecule has 128 valence electrons. The van der Waals surface area contributed by atoms with Gasteiger partial charge in [-0.05, 0) is 42.0 Å². The van der Waals surface area contributed by atoms with Crippen molar-refractivity contribution in [3.63, 3.8) is 0 Å². The molecule has 1 aromatic carbocycles. The molecule has 0 bridgehead atoms. The minimum Gasteiger partial charge on any atom is -0.493 e. The Morgan fingerprint density at radius 3 is 3.04 bits per heavy atom. The second-order valence-electron chi connectivity index (χ2n) is 6.24. The van der Waals surface area contributed by atoms with E-state index in [-0.39, 0.29) is 12.2 Å². The fourth-order valence-electron chi connectivity index (χ4n) is 3.26. The summed E-state index contributed by atoms with van der Waals surface area (Å²) in [5.41, 5.74) is 4.24. The van der Waals surface area contributed by atoms with Gasteiger partial charge in [0.05, 0.1) is 31.2 Å². The molecule has 3 aromatic heterocycles.